The number of nitrogens with one attached hydrogen (secondary N) is 1. The van der Waals surface area contributed by atoms with Gasteiger partial charge in [-0.1, -0.05) is 35.9 Å². The van der Waals surface area contributed by atoms with Crippen LogP contribution >= 0.6 is 11.6 Å². The second kappa shape index (κ2) is 5.62. The molecule has 2 unspecified atom stereocenters. The third-order valence-electron chi connectivity index (χ3n) is 3.67. The minimum absolute atomic E-state index is 0.201. The number of rotatable bonds is 3. The van der Waals surface area contributed by atoms with E-state index in [-0.39, 0.29) is 9.92 Å². The molecule has 0 fully saturated rings. The number of aliphatic hydroxyl groups is 1. The Morgan fingerprint density at radius 1 is 1.23 bits per heavy atom. The van der Waals surface area contributed by atoms with Gasteiger partial charge in [0, 0.05) is 6.42 Å². The van der Waals surface area contributed by atoms with Gasteiger partial charge in [0.1, 0.15) is 10.7 Å². The number of sulfonamides is 1. The van der Waals surface area contributed by atoms with E-state index in [2.05, 4.69) is 4.72 Å². The lowest BCUT2D eigenvalue weighted by Crippen LogP contribution is -2.34. The first kappa shape index (κ1) is 15.4. The normalized spacial score (nSPS) is 20.9. The number of hydrogen-bond donors (Lipinski definition) is 2. The van der Waals surface area contributed by atoms with Crippen LogP contribution in [0.3, 0.4) is 0 Å². The number of benzene rings is 2. The van der Waals surface area contributed by atoms with Crippen molar-refractivity contribution in [1.82, 2.24) is 4.72 Å². The molecule has 0 aromatic heterocycles. The molecule has 4 nitrogen and oxygen atoms in total. The Hall–Kier alpha value is -1.47. The Kier molecular flexibility index (Phi) is 3.94. The summed E-state index contributed by atoms with van der Waals surface area (Å²) in [5.41, 5.74) is 1.63. The van der Waals surface area contributed by atoms with Gasteiger partial charge in [-0.05, 0) is 29.3 Å². The van der Waals surface area contributed by atoms with Gasteiger partial charge in [-0.2, -0.15) is 0 Å². The summed E-state index contributed by atoms with van der Waals surface area (Å²) in [4.78, 5) is -0.216. The second-order valence-electron chi connectivity index (χ2n) is 5.14. The molecule has 0 bridgehead atoms. The van der Waals surface area contributed by atoms with E-state index >= 15 is 0 Å². The van der Waals surface area contributed by atoms with E-state index in [4.69, 9.17) is 11.6 Å². The molecular formula is C15H13ClFNO3S. The minimum Gasteiger partial charge on any atom is -0.391 e. The van der Waals surface area contributed by atoms with E-state index in [9.17, 15) is 17.9 Å². The topological polar surface area (TPSA) is 66.4 Å². The van der Waals surface area contributed by atoms with Crippen molar-refractivity contribution in [2.24, 2.45) is 0 Å². The molecule has 22 heavy (non-hydrogen) atoms. The SMILES string of the molecule is O=S(=O)(NC1c2ccccc2CC1O)c1ccc(F)cc1Cl. The summed E-state index contributed by atoms with van der Waals surface area (Å²) in [5, 5.41) is 9.91. The fraction of sp³-hybridized carbons (Fsp3) is 0.200. The van der Waals surface area contributed by atoms with Crippen LogP contribution in [-0.2, 0) is 16.4 Å². The summed E-state index contributed by atoms with van der Waals surface area (Å²) in [7, 11) is -3.98. The van der Waals surface area contributed by atoms with E-state index in [1.807, 2.05) is 12.1 Å². The van der Waals surface area contributed by atoms with Gasteiger partial charge in [0.05, 0.1) is 17.2 Å². The van der Waals surface area contributed by atoms with Crippen molar-refractivity contribution in [2.75, 3.05) is 0 Å². The highest BCUT2D eigenvalue weighted by molar-refractivity contribution is 7.89. The summed E-state index contributed by atoms with van der Waals surface area (Å²) >= 11 is 5.81. The van der Waals surface area contributed by atoms with Crippen molar-refractivity contribution in [3.05, 3.63) is 64.4 Å². The van der Waals surface area contributed by atoms with Gasteiger partial charge in [0.2, 0.25) is 10.0 Å². The fourth-order valence-electron chi connectivity index (χ4n) is 2.64. The zero-order valence-corrected chi connectivity index (χ0v) is 12.9. The summed E-state index contributed by atoms with van der Waals surface area (Å²) in [5.74, 6) is -0.616. The molecule has 2 aromatic rings. The molecule has 1 aliphatic rings. The molecule has 2 atom stereocenters. The highest BCUT2D eigenvalue weighted by Gasteiger charge is 2.34. The van der Waals surface area contributed by atoms with Gasteiger partial charge in [-0.3, -0.25) is 0 Å². The van der Waals surface area contributed by atoms with Gasteiger partial charge in [0.25, 0.3) is 0 Å². The maximum Gasteiger partial charge on any atom is 0.242 e. The van der Waals surface area contributed by atoms with Crippen LogP contribution in [0.4, 0.5) is 4.39 Å². The molecule has 7 heteroatoms. The van der Waals surface area contributed by atoms with Gasteiger partial charge in [-0.25, -0.2) is 17.5 Å². The van der Waals surface area contributed by atoms with Crippen LogP contribution < -0.4 is 4.72 Å². The predicted molar refractivity (Wildman–Crippen MR) is 80.6 cm³/mol. The van der Waals surface area contributed by atoms with E-state index in [1.165, 1.54) is 0 Å². The molecule has 0 saturated carbocycles. The molecule has 0 amide bonds. The van der Waals surface area contributed by atoms with Crippen molar-refractivity contribution in [3.63, 3.8) is 0 Å². The maximum absolute atomic E-state index is 13.1. The maximum atomic E-state index is 13.1. The van der Waals surface area contributed by atoms with Gasteiger partial charge < -0.3 is 5.11 Å². The fourth-order valence-corrected chi connectivity index (χ4v) is 4.42. The van der Waals surface area contributed by atoms with E-state index in [1.54, 1.807) is 12.1 Å². The van der Waals surface area contributed by atoms with Crippen molar-refractivity contribution in [3.8, 4) is 0 Å². The Labute approximate surface area is 132 Å². The molecule has 116 valence electrons. The van der Waals surface area contributed by atoms with Crippen molar-refractivity contribution < 1.29 is 17.9 Å². The van der Waals surface area contributed by atoms with Crippen molar-refractivity contribution >= 4 is 21.6 Å². The first-order valence-corrected chi connectivity index (χ1v) is 8.48. The molecule has 0 saturated heterocycles. The highest BCUT2D eigenvalue weighted by atomic mass is 35.5. The quantitative estimate of drug-likeness (QED) is 0.901. The van der Waals surface area contributed by atoms with Gasteiger partial charge in [-0.15, -0.1) is 0 Å². The van der Waals surface area contributed by atoms with E-state index in [0.29, 0.717) is 6.42 Å². The molecular weight excluding hydrogens is 329 g/mol. The summed E-state index contributed by atoms with van der Waals surface area (Å²) in [6, 6.07) is 9.55. The molecule has 0 radical (unpaired) electrons. The number of fused-ring (bicyclic) bond motifs is 1. The smallest absolute Gasteiger partial charge is 0.242 e. The largest absolute Gasteiger partial charge is 0.391 e. The number of halogens is 2. The van der Waals surface area contributed by atoms with Gasteiger partial charge in [0.15, 0.2) is 0 Å². The molecule has 3 rings (SSSR count). The third-order valence-corrected chi connectivity index (χ3v) is 5.59. The second-order valence-corrected chi connectivity index (χ2v) is 7.23. The van der Waals surface area contributed by atoms with Crippen molar-refractivity contribution in [2.45, 2.75) is 23.5 Å². The lowest BCUT2D eigenvalue weighted by Gasteiger charge is -2.18. The van der Waals surface area contributed by atoms with Crippen LogP contribution in [0.15, 0.2) is 47.4 Å². The molecule has 0 spiro atoms. The molecule has 1 aliphatic carbocycles. The van der Waals surface area contributed by atoms with E-state index < -0.39 is 28.0 Å². The summed E-state index contributed by atoms with van der Waals surface area (Å²) in [6.07, 6.45) is -0.480. The van der Waals surface area contributed by atoms with Crippen molar-refractivity contribution in [1.29, 1.82) is 0 Å². The predicted octanol–water partition coefficient (Wildman–Crippen LogP) is 2.42. The standard InChI is InChI=1S/C15H13ClFNO3S/c16-12-8-10(17)5-6-14(12)22(20,21)18-15-11-4-2-1-3-9(11)7-13(15)19/h1-6,8,13,15,18-19H,7H2. The molecule has 2 N–H and O–H groups in total. The van der Waals surface area contributed by atoms with Crippen LogP contribution in [0.25, 0.3) is 0 Å². The Morgan fingerprint density at radius 3 is 2.68 bits per heavy atom. The van der Waals surface area contributed by atoms with Crippen LogP contribution in [-0.4, -0.2) is 19.6 Å². The number of aliphatic hydroxyl groups excluding tert-OH is 1. The first-order chi connectivity index (χ1) is 10.4. The number of hydrogen-bond acceptors (Lipinski definition) is 3. The monoisotopic (exact) mass is 341 g/mol. The molecule has 0 heterocycles. The molecule has 2 aromatic carbocycles. The van der Waals surface area contributed by atoms with Crippen LogP contribution in [0.2, 0.25) is 5.02 Å². The van der Waals surface area contributed by atoms with Gasteiger partial charge >= 0.3 is 0 Å². The zero-order valence-electron chi connectivity index (χ0n) is 11.3. The zero-order chi connectivity index (χ0) is 15.9. The average Bonchev–Trinajstić information content (AvgIpc) is 2.74. The summed E-state index contributed by atoms with van der Waals surface area (Å²) < 4.78 is 40.4. The summed E-state index contributed by atoms with van der Waals surface area (Å²) in [6.45, 7) is 0. The average molecular weight is 342 g/mol. The first-order valence-electron chi connectivity index (χ1n) is 6.62. The Morgan fingerprint density at radius 2 is 1.95 bits per heavy atom. The minimum atomic E-state index is -3.98. The van der Waals surface area contributed by atoms with Crippen LogP contribution in [0.1, 0.15) is 17.2 Å². The highest BCUT2D eigenvalue weighted by Crippen LogP contribution is 2.33. The van der Waals surface area contributed by atoms with E-state index in [0.717, 1.165) is 29.3 Å². The van der Waals surface area contributed by atoms with Crippen LogP contribution in [0.5, 0.6) is 0 Å². The lowest BCUT2D eigenvalue weighted by atomic mass is 10.1. The lowest BCUT2D eigenvalue weighted by molar-refractivity contribution is 0.151. The van der Waals surface area contributed by atoms with Crippen LogP contribution in [0, 0.1) is 5.82 Å². The molecule has 0 aliphatic heterocycles. The Bertz CT molecular complexity index is 825. The Balaban J connectivity index is 1.95. The third kappa shape index (κ3) is 2.75.